The number of nitrogens with zero attached hydrogens (tertiary/aromatic N) is 1. The lowest BCUT2D eigenvalue weighted by Gasteiger charge is -2.17. The van der Waals surface area contributed by atoms with E-state index < -0.39 is 15.9 Å². The first-order chi connectivity index (χ1) is 13.4. The minimum Gasteiger partial charge on any atom is -0.307 e. The molecule has 0 spiro atoms. The molecule has 2 aliphatic carbocycles. The van der Waals surface area contributed by atoms with E-state index in [1.54, 1.807) is 24.3 Å². The Morgan fingerprint density at radius 1 is 1.07 bits per heavy atom. The van der Waals surface area contributed by atoms with Crippen LogP contribution in [0.4, 0.5) is 16.2 Å². The molecule has 28 heavy (non-hydrogen) atoms. The predicted octanol–water partition coefficient (Wildman–Crippen LogP) is 4.50. The highest BCUT2D eigenvalue weighted by molar-refractivity contribution is 7.90. The number of hydrogen-bond acceptors (Lipinski definition) is 3. The highest BCUT2D eigenvalue weighted by atomic mass is 32.2. The van der Waals surface area contributed by atoms with Crippen molar-refractivity contribution < 1.29 is 9.00 Å². The van der Waals surface area contributed by atoms with Gasteiger partial charge in [0.1, 0.15) is 9.92 Å². The second-order valence-corrected chi connectivity index (χ2v) is 9.23. The Morgan fingerprint density at radius 3 is 2.25 bits per heavy atom. The van der Waals surface area contributed by atoms with Gasteiger partial charge in [-0.2, -0.15) is 0 Å². The van der Waals surface area contributed by atoms with Crippen molar-refractivity contribution in [2.75, 3.05) is 5.32 Å². The summed E-state index contributed by atoms with van der Waals surface area (Å²) < 4.78 is 23.0. The topological polar surface area (TPSA) is 86.4 Å². The van der Waals surface area contributed by atoms with Crippen LogP contribution in [-0.4, -0.2) is 10.2 Å². The van der Waals surface area contributed by atoms with Gasteiger partial charge < -0.3 is 5.32 Å². The van der Waals surface area contributed by atoms with Gasteiger partial charge in [0, 0.05) is 5.69 Å². The first kappa shape index (κ1) is 18.5. The number of nitrogens with one attached hydrogen (secondary N) is 3. The summed E-state index contributed by atoms with van der Waals surface area (Å²) in [6.07, 6.45) is 6.14. The standard InChI is InChI=1S/C21H22N4O2S/c1-23-17-10-8-14(9-11-17)13-28(22,27)25-21(26)24-20-18-6-2-4-15(18)12-16-5-3-7-19(16)20/h8-12H,2-7,13H2,(H3,22,24,25,26,27). The zero-order valence-corrected chi connectivity index (χ0v) is 16.3. The third kappa shape index (κ3) is 3.73. The molecule has 144 valence electrons. The van der Waals surface area contributed by atoms with Crippen molar-refractivity contribution >= 4 is 27.3 Å². The van der Waals surface area contributed by atoms with Crippen molar-refractivity contribution in [3.05, 3.63) is 69.6 Å². The molecule has 0 aromatic heterocycles. The second kappa shape index (κ2) is 7.28. The molecule has 3 N–H and O–H groups in total. The van der Waals surface area contributed by atoms with E-state index in [1.165, 1.54) is 22.3 Å². The first-order valence-electron chi connectivity index (χ1n) is 9.43. The number of urea groups is 1. The molecule has 2 aliphatic rings. The van der Waals surface area contributed by atoms with Gasteiger partial charge in [0.15, 0.2) is 5.69 Å². The molecule has 2 amide bonds. The molecule has 7 heteroatoms. The highest BCUT2D eigenvalue weighted by Crippen LogP contribution is 2.38. The number of anilines is 1. The minimum absolute atomic E-state index is 0.0935. The molecule has 0 saturated carbocycles. The van der Waals surface area contributed by atoms with Crippen LogP contribution in [0.3, 0.4) is 0 Å². The van der Waals surface area contributed by atoms with E-state index >= 15 is 0 Å². The van der Waals surface area contributed by atoms with Gasteiger partial charge >= 0.3 is 6.03 Å². The number of fused-ring (bicyclic) bond motifs is 2. The highest BCUT2D eigenvalue weighted by Gasteiger charge is 2.25. The van der Waals surface area contributed by atoms with Crippen LogP contribution in [0.2, 0.25) is 0 Å². The smallest absolute Gasteiger partial charge is 0.307 e. The van der Waals surface area contributed by atoms with Crippen molar-refractivity contribution in [3.8, 4) is 0 Å². The quantitative estimate of drug-likeness (QED) is 0.667. The molecule has 2 aromatic carbocycles. The summed E-state index contributed by atoms with van der Waals surface area (Å²) in [7, 11) is -3.34. The average molecular weight is 395 g/mol. The van der Waals surface area contributed by atoms with Crippen LogP contribution in [0, 0.1) is 11.4 Å². The van der Waals surface area contributed by atoms with Crippen LogP contribution < -0.4 is 10.0 Å². The monoisotopic (exact) mass is 394 g/mol. The average Bonchev–Trinajstić information content (AvgIpc) is 3.30. The van der Waals surface area contributed by atoms with Crippen LogP contribution in [-0.2, 0) is 41.4 Å². The Balaban J connectivity index is 1.49. The molecule has 0 saturated heterocycles. The maximum Gasteiger partial charge on any atom is 0.331 e. The van der Waals surface area contributed by atoms with Crippen molar-refractivity contribution in [2.45, 2.75) is 44.3 Å². The fourth-order valence-corrected chi connectivity index (χ4v) is 5.28. The van der Waals surface area contributed by atoms with Gasteiger partial charge in [-0.15, -0.1) is 0 Å². The summed E-state index contributed by atoms with van der Waals surface area (Å²) in [6, 6.07) is 8.26. The van der Waals surface area contributed by atoms with Gasteiger partial charge in [0.05, 0.1) is 12.3 Å². The molecule has 0 aliphatic heterocycles. The van der Waals surface area contributed by atoms with Crippen molar-refractivity contribution in [3.63, 3.8) is 0 Å². The Labute approximate surface area is 165 Å². The zero-order valence-electron chi connectivity index (χ0n) is 15.5. The molecular weight excluding hydrogens is 372 g/mol. The van der Waals surface area contributed by atoms with E-state index in [2.05, 4.69) is 21.0 Å². The lowest BCUT2D eigenvalue weighted by Crippen LogP contribution is -2.35. The normalized spacial score (nSPS) is 16.5. The number of aryl methyl sites for hydroxylation is 2. The first-order valence-corrected chi connectivity index (χ1v) is 11.2. The van der Waals surface area contributed by atoms with Gasteiger partial charge in [-0.25, -0.2) is 18.6 Å². The Bertz CT molecular complexity index is 1050. The van der Waals surface area contributed by atoms with Crippen molar-refractivity contribution in [1.82, 2.24) is 4.72 Å². The van der Waals surface area contributed by atoms with Gasteiger partial charge in [-0.3, -0.25) is 4.72 Å². The molecule has 2 aromatic rings. The van der Waals surface area contributed by atoms with Crippen molar-refractivity contribution in [2.24, 2.45) is 0 Å². The van der Waals surface area contributed by atoms with E-state index in [0.717, 1.165) is 44.2 Å². The summed E-state index contributed by atoms with van der Waals surface area (Å²) in [6.45, 7) is 6.96. The molecule has 1 unspecified atom stereocenters. The van der Waals surface area contributed by atoms with Crippen LogP contribution in [0.15, 0.2) is 30.3 Å². The summed E-state index contributed by atoms with van der Waals surface area (Å²) in [5, 5.41) is 2.91. The van der Waals surface area contributed by atoms with Crippen LogP contribution in [0.1, 0.15) is 40.7 Å². The lowest BCUT2D eigenvalue weighted by atomic mass is 9.99. The van der Waals surface area contributed by atoms with Gasteiger partial charge in [0.2, 0.25) is 0 Å². The largest absolute Gasteiger partial charge is 0.331 e. The van der Waals surface area contributed by atoms with Gasteiger partial charge in [0.25, 0.3) is 0 Å². The number of carbonyl (C=O) groups is 1. The molecular formula is C21H22N4O2S. The Kier molecular flexibility index (Phi) is 4.82. The van der Waals surface area contributed by atoms with Gasteiger partial charge in [-0.05, 0) is 66.3 Å². The summed E-state index contributed by atoms with van der Waals surface area (Å²) in [5.74, 6) is -0.0935. The Morgan fingerprint density at radius 2 is 1.68 bits per heavy atom. The SMILES string of the molecule is [C-]#[N+]c1ccc(CS(=N)(=O)NC(=O)Nc2c3c(cc4c2CCC4)CCC3)cc1. The maximum absolute atomic E-state index is 12.6. The number of carbonyl (C=O) groups excluding carboxylic acids is 1. The molecule has 0 heterocycles. The molecule has 4 rings (SSSR count). The Hall–Kier alpha value is -2.85. The third-order valence-corrected chi connectivity index (χ3v) is 6.66. The van der Waals surface area contributed by atoms with E-state index in [1.807, 2.05) is 0 Å². The summed E-state index contributed by atoms with van der Waals surface area (Å²) in [4.78, 5) is 15.9. The zero-order chi connectivity index (χ0) is 19.7. The fraction of sp³-hybridized carbons (Fsp3) is 0.333. The molecule has 1 atom stereocenters. The van der Waals surface area contributed by atoms with Crippen LogP contribution in [0.5, 0.6) is 0 Å². The summed E-state index contributed by atoms with van der Waals surface area (Å²) >= 11 is 0. The predicted molar refractivity (Wildman–Crippen MR) is 110 cm³/mol. The molecule has 0 radical (unpaired) electrons. The fourth-order valence-electron chi connectivity index (χ4n) is 4.19. The van der Waals surface area contributed by atoms with E-state index in [-0.39, 0.29) is 5.75 Å². The molecule has 0 fully saturated rings. The van der Waals surface area contributed by atoms with Crippen molar-refractivity contribution in [1.29, 1.82) is 4.78 Å². The van der Waals surface area contributed by atoms with Crippen LogP contribution >= 0.6 is 0 Å². The lowest BCUT2D eigenvalue weighted by molar-refractivity contribution is 0.256. The second-order valence-electron chi connectivity index (χ2n) is 7.39. The number of benzene rings is 2. The van der Waals surface area contributed by atoms with Crippen LogP contribution in [0.25, 0.3) is 4.85 Å². The number of hydrogen-bond donors (Lipinski definition) is 3. The molecule has 6 nitrogen and oxygen atoms in total. The van der Waals surface area contributed by atoms with E-state index in [4.69, 9.17) is 11.4 Å². The maximum atomic E-state index is 12.6. The number of rotatable bonds is 4. The minimum atomic E-state index is -3.34. The third-order valence-electron chi connectivity index (χ3n) is 5.40. The van der Waals surface area contributed by atoms with E-state index in [9.17, 15) is 9.00 Å². The van der Waals surface area contributed by atoms with Gasteiger partial charge in [-0.1, -0.05) is 30.3 Å². The number of amides is 2. The van der Waals surface area contributed by atoms with E-state index in [0.29, 0.717) is 11.3 Å². The summed E-state index contributed by atoms with van der Waals surface area (Å²) in [5.41, 5.74) is 7.01. The molecule has 0 bridgehead atoms.